The quantitative estimate of drug-likeness (QED) is 0.271. The van der Waals surface area contributed by atoms with Gasteiger partial charge in [0.25, 0.3) is 10.0 Å². The number of para-hydroxylation sites is 1. The fraction of sp³-hybridized carbons (Fsp3) is 0.259. The molecule has 1 fully saturated rings. The van der Waals surface area contributed by atoms with Gasteiger partial charge in [-0.25, -0.2) is 13.4 Å². The zero-order valence-corrected chi connectivity index (χ0v) is 22.8. The van der Waals surface area contributed by atoms with Crippen molar-refractivity contribution in [1.82, 2.24) is 19.9 Å². The molecule has 0 radical (unpaired) electrons. The first-order chi connectivity index (χ1) is 18.0. The first-order valence-corrected chi connectivity index (χ1v) is 15.4. The molecule has 0 bridgehead atoms. The van der Waals surface area contributed by atoms with E-state index in [9.17, 15) is 8.42 Å². The lowest BCUT2D eigenvalue weighted by atomic mass is 9.93. The minimum Gasteiger partial charge on any atom is -0.351 e. The number of hydrogen-bond donors (Lipinski definition) is 1. The third-order valence-electron chi connectivity index (χ3n) is 6.94. The molecule has 190 valence electrons. The molecule has 1 N–H and O–H groups in total. The first kappa shape index (κ1) is 24.3. The van der Waals surface area contributed by atoms with Crippen molar-refractivity contribution in [3.8, 4) is 10.7 Å². The summed E-state index contributed by atoms with van der Waals surface area (Å²) in [5, 5.41) is 3.63. The van der Waals surface area contributed by atoms with Gasteiger partial charge in [-0.2, -0.15) is 0 Å². The number of rotatable bonds is 7. The number of anilines is 1. The Labute approximate surface area is 224 Å². The molecular formula is C27H27N5O2S3. The number of thiazole rings is 1. The van der Waals surface area contributed by atoms with Gasteiger partial charge in [0.2, 0.25) is 0 Å². The number of H-pyrrole nitrogens is 1. The summed E-state index contributed by atoms with van der Waals surface area (Å²) < 4.78 is 27.9. The van der Waals surface area contributed by atoms with Crippen LogP contribution in [0, 0.1) is 0 Å². The van der Waals surface area contributed by atoms with Crippen molar-refractivity contribution in [2.24, 2.45) is 0 Å². The van der Waals surface area contributed by atoms with Gasteiger partial charge in [-0.15, -0.1) is 22.7 Å². The smallest absolute Gasteiger partial charge is 0.273 e. The van der Waals surface area contributed by atoms with Crippen molar-refractivity contribution in [3.05, 3.63) is 82.9 Å². The largest absolute Gasteiger partial charge is 0.351 e. The van der Waals surface area contributed by atoms with Crippen LogP contribution in [-0.2, 0) is 16.6 Å². The Morgan fingerprint density at radius 3 is 2.70 bits per heavy atom. The topological polar surface area (TPSA) is 82.2 Å². The second kappa shape index (κ2) is 10.0. The van der Waals surface area contributed by atoms with Crippen LogP contribution in [0.1, 0.15) is 29.3 Å². The van der Waals surface area contributed by atoms with E-state index in [1.807, 2.05) is 42.7 Å². The van der Waals surface area contributed by atoms with Gasteiger partial charge in [0.05, 0.1) is 16.9 Å². The Bertz CT molecular complexity index is 1600. The highest BCUT2D eigenvalue weighted by molar-refractivity contribution is 7.94. The second-order valence-electron chi connectivity index (χ2n) is 9.27. The molecule has 1 aliphatic rings. The molecule has 0 aliphatic carbocycles. The van der Waals surface area contributed by atoms with Crippen molar-refractivity contribution >= 4 is 49.3 Å². The highest BCUT2D eigenvalue weighted by atomic mass is 32.2. The van der Waals surface area contributed by atoms with Crippen molar-refractivity contribution in [3.63, 3.8) is 0 Å². The van der Waals surface area contributed by atoms with E-state index in [1.54, 1.807) is 35.9 Å². The van der Waals surface area contributed by atoms with Gasteiger partial charge in [-0.05, 0) is 61.6 Å². The number of likely N-dealkylation sites (tertiary alicyclic amines) is 1. The number of fused-ring (bicyclic) bond motifs is 1. The van der Waals surface area contributed by atoms with Crippen LogP contribution >= 0.6 is 22.7 Å². The van der Waals surface area contributed by atoms with Gasteiger partial charge in [0, 0.05) is 47.9 Å². The van der Waals surface area contributed by atoms with Crippen LogP contribution in [0.2, 0.25) is 0 Å². The van der Waals surface area contributed by atoms with Gasteiger partial charge in [0.1, 0.15) is 9.22 Å². The van der Waals surface area contributed by atoms with E-state index in [4.69, 9.17) is 4.98 Å². The Balaban J connectivity index is 1.18. The molecule has 1 saturated heterocycles. The molecule has 1 aliphatic heterocycles. The molecule has 0 unspecified atom stereocenters. The number of nitrogens with zero attached hydrogens (tertiary/aromatic N) is 4. The zero-order chi connectivity index (χ0) is 25.4. The molecule has 0 spiro atoms. The number of pyridine rings is 1. The molecule has 37 heavy (non-hydrogen) atoms. The maximum atomic E-state index is 13.1. The average Bonchev–Trinajstić information content (AvgIpc) is 3.70. The van der Waals surface area contributed by atoms with Crippen molar-refractivity contribution in [2.45, 2.75) is 29.5 Å². The first-order valence-electron chi connectivity index (χ1n) is 12.2. The number of piperidine rings is 1. The Morgan fingerprint density at radius 1 is 1.08 bits per heavy atom. The number of aromatic nitrogens is 3. The molecular weight excluding hydrogens is 523 g/mol. The lowest BCUT2D eigenvalue weighted by Gasteiger charge is -2.31. The van der Waals surface area contributed by atoms with E-state index in [-0.39, 0.29) is 0 Å². The van der Waals surface area contributed by atoms with E-state index in [1.165, 1.54) is 26.2 Å². The van der Waals surface area contributed by atoms with Crippen LogP contribution in [-0.4, -0.2) is 48.4 Å². The number of nitrogens with one attached hydrogen (secondary N) is 1. The third kappa shape index (κ3) is 4.82. The predicted octanol–water partition coefficient (Wildman–Crippen LogP) is 5.95. The molecule has 7 nitrogen and oxygen atoms in total. The summed E-state index contributed by atoms with van der Waals surface area (Å²) in [5.41, 5.74) is 3.50. The van der Waals surface area contributed by atoms with E-state index < -0.39 is 10.0 Å². The van der Waals surface area contributed by atoms with Gasteiger partial charge >= 0.3 is 0 Å². The summed E-state index contributed by atoms with van der Waals surface area (Å²) in [7, 11) is -2.02. The Kier molecular flexibility index (Phi) is 6.58. The second-order valence-corrected chi connectivity index (χ2v) is 13.5. The lowest BCUT2D eigenvalue weighted by Crippen LogP contribution is -2.32. The van der Waals surface area contributed by atoms with Crippen LogP contribution < -0.4 is 4.31 Å². The lowest BCUT2D eigenvalue weighted by molar-refractivity contribution is 0.205. The maximum Gasteiger partial charge on any atom is 0.273 e. The van der Waals surface area contributed by atoms with Crippen molar-refractivity contribution in [1.29, 1.82) is 0 Å². The standard InChI is InChI=1S/C27H27N5O2S3/c1-31(37(33,34)25-9-5-15-35-25)24-8-4-6-20-16-23(30-26(20)24)27-29-17-21(36-27)18-32-13-10-19(11-14-32)22-7-2-3-12-28-22/h2-9,12,15-17,19,30H,10-11,13-14,18H2,1H3. The SMILES string of the molecule is CN(c1cccc2cc(-c3ncc(CN4CCC(c5ccccn5)CC4)s3)[nH]c12)S(=O)(=O)c1cccs1. The van der Waals surface area contributed by atoms with Gasteiger partial charge < -0.3 is 4.98 Å². The monoisotopic (exact) mass is 549 g/mol. The normalized spacial score (nSPS) is 15.4. The van der Waals surface area contributed by atoms with E-state index in [0.29, 0.717) is 15.8 Å². The summed E-state index contributed by atoms with van der Waals surface area (Å²) >= 11 is 2.90. The van der Waals surface area contributed by atoms with Gasteiger partial charge in [0.15, 0.2) is 0 Å². The van der Waals surface area contributed by atoms with Gasteiger partial charge in [-0.3, -0.25) is 14.2 Å². The number of thiophene rings is 1. The predicted molar refractivity (Wildman–Crippen MR) is 151 cm³/mol. The minimum atomic E-state index is -3.62. The van der Waals surface area contributed by atoms with Crippen LogP contribution in [0.15, 0.2) is 76.6 Å². The molecule has 0 saturated carbocycles. The number of hydrogen-bond acceptors (Lipinski definition) is 7. The summed E-state index contributed by atoms with van der Waals surface area (Å²) in [6, 6.07) is 17.3. The molecule has 5 heterocycles. The van der Waals surface area contributed by atoms with E-state index in [0.717, 1.165) is 54.1 Å². The van der Waals surface area contributed by atoms with Crippen LogP contribution in [0.25, 0.3) is 21.6 Å². The van der Waals surface area contributed by atoms with Crippen molar-refractivity contribution in [2.75, 3.05) is 24.4 Å². The summed E-state index contributed by atoms with van der Waals surface area (Å²) in [6.07, 6.45) is 6.09. The van der Waals surface area contributed by atoms with E-state index >= 15 is 0 Å². The molecule has 0 atom stereocenters. The molecule has 1 aromatic carbocycles. The Morgan fingerprint density at radius 2 is 1.95 bits per heavy atom. The third-order valence-corrected chi connectivity index (χ3v) is 11.1. The molecule has 4 aromatic heterocycles. The van der Waals surface area contributed by atoms with Crippen LogP contribution in [0.3, 0.4) is 0 Å². The fourth-order valence-corrected chi connectivity index (χ4v) is 8.22. The highest BCUT2D eigenvalue weighted by Gasteiger charge is 2.25. The fourth-order valence-electron chi connectivity index (χ4n) is 4.92. The summed E-state index contributed by atoms with van der Waals surface area (Å²) in [6.45, 7) is 2.99. The van der Waals surface area contributed by atoms with Gasteiger partial charge in [-0.1, -0.05) is 24.3 Å². The molecule has 10 heteroatoms. The molecule has 0 amide bonds. The van der Waals surface area contributed by atoms with E-state index in [2.05, 4.69) is 27.0 Å². The van der Waals surface area contributed by atoms with Crippen LogP contribution in [0.5, 0.6) is 0 Å². The summed E-state index contributed by atoms with van der Waals surface area (Å²) in [5.74, 6) is 0.539. The Hall–Kier alpha value is -3.05. The molecule has 5 aromatic rings. The van der Waals surface area contributed by atoms with Crippen LogP contribution in [0.4, 0.5) is 5.69 Å². The number of benzene rings is 1. The zero-order valence-electron chi connectivity index (χ0n) is 20.4. The average molecular weight is 550 g/mol. The number of sulfonamides is 1. The highest BCUT2D eigenvalue weighted by Crippen LogP contribution is 2.35. The molecule has 6 rings (SSSR count). The van der Waals surface area contributed by atoms with Crippen molar-refractivity contribution < 1.29 is 8.42 Å². The summed E-state index contributed by atoms with van der Waals surface area (Å²) in [4.78, 5) is 16.4. The minimum absolute atomic E-state index is 0.326. The maximum absolute atomic E-state index is 13.1. The number of aromatic amines is 1.